The Hall–Kier alpha value is -1.42. The van der Waals surface area contributed by atoms with Crippen molar-refractivity contribution in [3.8, 4) is 0 Å². The highest BCUT2D eigenvalue weighted by Gasteiger charge is 2.27. The molecule has 98 valence electrons. The molecule has 2 unspecified atom stereocenters. The van der Waals surface area contributed by atoms with E-state index in [4.69, 9.17) is 4.74 Å². The van der Waals surface area contributed by atoms with E-state index in [-0.39, 0.29) is 23.9 Å². The minimum atomic E-state index is -0.242. The summed E-state index contributed by atoms with van der Waals surface area (Å²) < 4.78 is 17.9. The number of ether oxygens (including phenoxy) is 1. The van der Waals surface area contributed by atoms with Crippen LogP contribution in [0.25, 0.3) is 0 Å². The second-order valence-corrected chi connectivity index (χ2v) is 4.51. The molecule has 1 aromatic rings. The van der Waals surface area contributed by atoms with Gasteiger partial charge in [-0.3, -0.25) is 10.1 Å². The van der Waals surface area contributed by atoms with Crippen LogP contribution in [0.5, 0.6) is 0 Å². The number of carbonyl (C=O) groups excluding carboxylic acids is 1. The van der Waals surface area contributed by atoms with Gasteiger partial charge >= 0.3 is 5.97 Å². The molecular weight excluding hydrogens is 233 g/mol. The third-order valence-electron chi connectivity index (χ3n) is 3.23. The van der Waals surface area contributed by atoms with Gasteiger partial charge in [-0.2, -0.15) is 0 Å². The van der Waals surface area contributed by atoms with Crippen LogP contribution in [-0.4, -0.2) is 18.6 Å². The Labute approximate surface area is 106 Å². The molecule has 1 aliphatic heterocycles. The largest absolute Gasteiger partial charge is 0.465 e. The zero-order valence-electron chi connectivity index (χ0n) is 10.5. The van der Waals surface area contributed by atoms with Gasteiger partial charge in [-0.1, -0.05) is 12.1 Å². The summed E-state index contributed by atoms with van der Waals surface area (Å²) >= 11 is 0. The molecule has 0 spiro atoms. The normalized spacial score (nSPS) is 23.7. The van der Waals surface area contributed by atoms with Gasteiger partial charge in [0.1, 0.15) is 11.9 Å². The van der Waals surface area contributed by atoms with Crippen LogP contribution in [-0.2, 0) is 9.53 Å². The topological polar surface area (TPSA) is 38.3 Å². The van der Waals surface area contributed by atoms with Crippen LogP contribution in [0.2, 0.25) is 0 Å². The fourth-order valence-electron chi connectivity index (χ4n) is 2.32. The number of esters is 1. The lowest BCUT2D eigenvalue weighted by atomic mass is 9.93. The Bertz CT molecular complexity index is 405. The Morgan fingerprint density at radius 3 is 2.78 bits per heavy atom. The van der Waals surface area contributed by atoms with Crippen LogP contribution in [0.3, 0.4) is 0 Å². The second kappa shape index (κ2) is 5.96. The smallest absolute Gasteiger partial charge is 0.323 e. The van der Waals surface area contributed by atoms with Gasteiger partial charge in [0.15, 0.2) is 0 Å². The molecule has 0 aromatic heterocycles. The van der Waals surface area contributed by atoms with Crippen LogP contribution < -0.4 is 5.32 Å². The Balaban J connectivity index is 2.02. The molecule has 2 atom stereocenters. The lowest BCUT2D eigenvalue weighted by Crippen LogP contribution is -2.43. The average Bonchev–Trinajstić information content (AvgIpc) is 2.40. The number of rotatable bonds is 3. The maximum absolute atomic E-state index is 12.9. The van der Waals surface area contributed by atoms with Crippen molar-refractivity contribution in [3.05, 3.63) is 35.6 Å². The van der Waals surface area contributed by atoms with Crippen LogP contribution in [0.15, 0.2) is 24.3 Å². The number of carbonyl (C=O) groups is 1. The third-order valence-corrected chi connectivity index (χ3v) is 3.23. The summed E-state index contributed by atoms with van der Waals surface area (Å²) in [6.45, 7) is 2.20. The second-order valence-electron chi connectivity index (χ2n) is 4.51. The minimum Gasteiger partial charge on any atom is -0.465 e. The van der Waals surface area contributed by atoms with Gasteiger partial charge in [0.2, 0.25) is 0 Å². The van der Waals surface area contributed by atoms with E-state index < -0.39 is 0 Å². The van der Waals surface area contributed by atoms with Crippen LogP contribution in [0.1, 0.15) is 37.8 Å². The maximum atomic E-state index is 12.9. The van der Waals surface area contributed by atoms with Crippen molar-refractivity contribution < 1.29 is 13.9 Å². The monoisotopic (exact) mass is 251 g/mol. The van der Waals surface area contributed by atoms with Gasteiger partial charge in [0.05, 0.1) is 6.61 Å². The van der Waals surface area contributed by atoms with Gasteiger partial charge in [-0.05, 0) is 43.9 Å². The molecule has 0 aliphatic carbocycles. The first-order valence-corrected chi connectivity index (χ1v) is 6.39. The number of hydrogen-bond acceptors (Lipinski definition) is 3. The predicted molar refractivity (Wildman–Crippen MR) is 66.5 cm³/mol. The fourth-order valence-corrected chi connectivity index (χ4v) is 2.32. The van der Waals surface area contributed by atoms with Gasteiger partial charge in [-0.25, -0.2) is 4.39 Å². The molecule has 0 radical (unpaired) electrons. The van der Waals surface area contributed by atoms with E-state index in [9.17, 15) is 9.18 Å². The SMILES string of the molecule is CCOC(=O)C1CCCC(c2ccc(F)cc2)N1. The first-order chi connectivity index (χ1) is 8.70. The van der Waals surface area contributed by atoms with Crippen LogP contribution >= 0.6 is 0 Å². The minimum absolute atomic E-state index is 0.105. The molecular formula is C14H18FNO2. The molecule has 1 heterocycles. The van der Waals surface area contributed by atoms with E-state index in [1.54, 1.807) is 19.1 Å². The molecule has 1 aromatic carbocycles. The average molecular weight is 251 g/mol. The van der Waals surface area contributed by atoms with Gasteiger partial charge in [-0.15, -0.1) is 0 Å². The van der Waals surface area contributed by atoms with Crippen LogP contribution in [0, 0.1) is 5.82 Å². The molecule has 0 bridgehead atoms. The predicted octanol–water partition coefficient (Wildman–Crippen LogP) is 2.57. The summed E-state index contributed by atoms with van der Waals surface area (Å²) in [5.74, 6) is -0.430. The molecule has 0 saturated carbocycles. The Morgan fingerprint density at radius 2 is 2.11 bits per heavy atom. The molecule has 1 N–H and O–H groups in total. The van der Waals surface area contributed by atoms with Crippen molar-refractivity contribution >= 4 is 5.97 Å². The zero-order valence-corrected chi connectivity index (χ0v) is 10.5. The fraction of sp³-hybridized carbons (Fsp3) is 0.500. The van der Waals surface area contributed by atoms with E-state index in [1.807, 2.05) is 0 Å². The molecule has 1 fully saturated rings. The number of halogens is 1. The van der Waals surface area contributed by atoms with Gasteiger partial charge in [0, 0.05) is 6.04 Å². The highest BCUT2D eigenvalue weighted by atomic mass is 19.1. The van der Waals surface area contributed by atoms with Crippen molar-refractivity contribution in [2.45, 2.75) is 38.3 Å². The molecule has 18 heavy (non-hydrogen) atoms. The number of nitrogens with one attached hydrogen (secondary N) is 1. The summed E-state index contributed by atoms with van der Waals surface area (Å²) in [4.78, 5) is 11.7. The third kappa shape index (κ3) is 3.07. The molecule has 1 aliphatic rings. The number of hydrogen-bond donors (Lipinski definition) is 1. The van der Waals surface area contributed by atoms with E-state index in [2.05, 4.69) is 5.32 Å². The lowest BCUT2D eigenvalue weighted by Gasteiger charge is -2.29. The summed E-state index contributed by atoms with van der Waals surface area (Å²) in [7, 11) is 0. The summed E-state index contributed by atoms with van der Waals surface area (Å²) in [5.41, 5.74) is 1.02. The lowest BCUT2D eigenvalue weighted by molar-refractivity contribution is -0.146. The van der Waals surface area contributed by atoms with Crippen molar-refractivity contribution in [3.63, 3.8) is 0 Å². The molecule has 4 heteroatoms. The maximum Gasteiger partial charge on any atom is 0.323 e. The van der Waals surface area contributed by atoms with E-state index in [0.29, 0.717) is 6.61 Å². The molecule has 2 rings (SSSR count). The first kappa shape index (κ1) is 13.0. The van der Waals surface area contributed by atoms with Crippen molar-refractivity contribution in [1.82, 2.24) is 5.32 Å². The summed E-state index contributed by atoms with van der Waals surface area (Å²) in [6, 6.07) is 6.29. The number of benzene rings is 1. The van der Waals surface area contributed by atoms with Crippen molar-refractivity contribution in [2.75, 3.05) is 6.61 Å². The molecule has 3 nitrogen and oxygen atoms in total. The van der Waals surface area contributed by atoms with Crippen molar-refractivity contribution in [2.24, 2.45) is 0 Å². The van der Waals surface area contributed by atoms with E-state index >= 15 is 0 Å². The Kier molecular flexibility index (Phi) is 4.31. The first-order valence-electron chi connectivity index (χ1n) is 6.39. The summed E-state index contributed by atoms with van der Waals surface area (Å²) in [6.07, 6.45) is 2.73. The highest BCUT2D eigenvalue weighted by Crippen LogP contribution is 2.26. The van der Waals surface area contributed by atoms with Crippen LogP contribution in [0.4, 0.5) is 4.39 Å². The standard InChI is InChI=1S/C14H18FNO2/c1-2-18-14(17)13-5-3-4-12(16-13)10-6-8-11(15)9-7-10/h6-9,12-13,16H,2-5H2,1H3. The summed E-state index contributed by atoms with van der Waals surface area (Å²) in [5, 5.41) is 3.28. The quantitative estimate of drug-likeness (QED) is 0.839. The Morgan fingerprint density at radius 1 is 1.39 bits per heavy atom. The van der Waals surface area contributed by atoms with E-state index in [1.165, 1.54) is 12.1 Å². The zero-order chi connectivity index (χ0) is 13.0. The molecule has 0 amide bonds. The van der Waals surface area contributed by atoms with E-state index in [0.717, 1.165) is 24.8 Å². The van der Waals surface area contributed by atoms with Crippen molar-refractivity contribution in [1.29, 1.82) is 0 Å². The molecule has 1 saturated heterocycles. The number of piperidine rings is 1. The van der Waals surface area contributed by atoms with Gasteiger partial charge < -0.3 is 4.74 Å². The highest BCUT2D eigenvalue weighted by molar-refractivity contribution is 5.75. The van der Waals surface area contributed by atoms with Gasteiger partial charge in [0.25, 0.3) is 0 Å².